The average Bonchev–Trinajstić information content (AvgIpc) is 2.71. The van der Waals surface area contributed by atoms with Gasteiger partial charge in [-0.15, -0.1) is 0 Å². The Morgan fingerprint density at radius 3 is 2.78 bits per heavy atom. The number of likely N-dealkylation sites (tertiary alicyclic amines) is 1. The van der Waals surface area contributed by atoms with Crippen molar-refractivity contribution >= 4 is 0 Å². The van der Waals surface area contributed by atoms with Crippen molar-refractivity contribution < 1.29 is 13.9 Å². The van der Waals surface area contributed by atoms with E-state index in [0.29, 0.717) is 12.5 Å². The lowest BCUT2D eigenvalue weighted by Gasteiger charge is -2.20. The number of hydrogen-bond acceptors (Lipinski definition) is 3. The highest BCUT2D eigenvalue weighted by atomic mass is 19.3. The fourth-order valence-electron chi connectivity index (χ4n) is 2.62. The number of benzene rings is 1. The van der Waals surface area contributed by atoms with Crippen LogP contribution in [0.2, 0.25) is 0 Å². The number of phenolic OH excluding ortho intramolecular Hbond substituents is 1. The van der Waals surface area contributed by atoms with E-state index in [1.165, 1.54) is 12.1 Å². The van der Waals surface area contributed by atoms with Gasteiger partial charge in [0, 0.05) is 12.6 Å². The number of phenols is 1. The number of nitrogens with zero attached hydrogens (tertiary/aromatic N) is 1. The Bertz CT molecular complexity index is 425. The highest BCUT2D eigenvalue weighted by Gasteiger charge is 2.30. The van der Waals surface area contributed by atoms with Crippen molar-refractivity contribution in [2.24, 2.45) is 11.7 Å². The number of halogens is 2. The number of hydrogen-bond donors (Lipinski definition) is 2. The molecule has 1 heterocycles. The lowest BCUT2D eigenvalue weighted by Crippen LogP contribution is -2.20. The van der Waals surface area contributed by atoms with E-state index in [0.717, 1.165) is 18.5 Å². The molecule has 1 aliphatic rings. The standard InChI is InChI=1S/C13H18F2N2O/c1-17-7-8(6-16)4-11(17)9-2-3-12(18)10(5-9)13(14)15/h2-3,5,8,11,13,18H,4,6-7,16H2,1H3. The topological polar surface area (TPSA) is 49.5 Å². The molecule has 0 radical (unpaired) electrons. The maximum atomic E-state index is 12.7. The molecule has 1 fully saturated rings. The third kappa shape index (κ3) is 2.47. The summed E-state index contributed by atoms with van der Waals surface area (Å²) in [6.07, 6.45) is -1.78. The zero-order valence-corrected chi connectivity index (χ0v) is 10.3. The van der Waals surface area contributed by atoms with Crippen LogP contribution in [-0.4, -0.2) is 30.1 Å². The highest BCUT2D eigenvalue weighted by molar-refractivity contribution is 5.38. The van der Waals surface area contributed by atoms with Crippen molar-refractivity contribution in [1.82, 2.24) is 4.90 Å². The molecule has 0 amide bonds. The summed E-state index contributed by atoms with van der Waals surface area (Å²) in [7, 11) is 1.97. The van der Waals surface area contributed by atoms with Gasteiger partial charge in [0.15, 0.2) is 0 Å². The molecule has 100 valence electrons. The van der Waals surface area contributed by atoms with Gasteiger partial charge in [-0.1, -0.05) is 6.07 Å². The molecule has 1 saturated heterocycles. The Kier molecular flexibility index (Phi) is 3.82. The molecule has 0 spiro atoms. The maximum Gasteiger partial charge on any atom is 0.267 e. The second-order valence-electron chi connectivity index (χ2n) is 4.91. The summed E-state index contributed by atoms with van der Waals surface area (Å²) in [6, 6.07) is 4.57. The summed E-state index contributed by atoms with van der Waals surface area (Å²) in [5.74, 6) is 0.0635. The minimum Gasteiger partial charge on any atom is -0.507 e. The monoisotopic (exact) mass is 256 g/mol. The maximum absolute atomic E-state index is 12.7. The van der Waals surface area contributed by atoms with E-state index in [1.807, 2.05) is 7.05 Å². The van der Waals surface area contributed by atoms with Gasteiger partial charge in [0.2, 0.25) is 0 Å². The van der Waals surface area contributed by atoms with E-state index in [9.17, 15) is 13.9 Å². The Hall–Kier alpha value is -1.20. The molecular weight excluding hydrogens is 238 g/mol. The second kappa shape index (κ2) is 5.20. The van der Waals surface area contributed by atoms with E-state index in [2.05, 4.69) is 4.90 Å². The summed E-state index contributed by atoms with van der Waals surface area (Å²) in [5, 5.41) is 9.40. The van der Waals surface area contributed by atoms with Crippen LogP contribution in [0.25, 0.3) is 0 Å². The summed E-state index contributed by atoms with van der Waals surface area (Å²) in [5.41, 5.74) is 6.18. The fraction of sp³-hybridized carbons (Fsp3) is 0.538. The van der Waals surface area contributed by atoms with Gasteiger partial charge < -0.3 is 10.8 Å². The molecule has 1 aromatic carbocycles. The van der Waals surface area contributed by atoms with Gasteiger partial charge in [0.05, 0.1) is 5.56 Å². The van der Waals surface area contributed by atoms with Crippen LogP contribution < -0.4 is 5.73 Å². The molecule has 2 unspecified atom stereocenters. The van der Waals surface area contributed by atoms with Gasteiger partial charge in [0.1, 0.15) is 5.75 Å². The Morgan fingerprint density at radius 2 is 2.22 bits per heavy atom. The quantitative estimate of drug-likeness (QED) is 0.872. The first kappa shape index (κ1) is 13.2. The summed E-state index contributed by atoms with van der Waals surface area (Å²) in [6.45, 7) is 1.49. The van der Waals surface area contributed by atoms with Gasteiger partial charge in [-0.25, -0.2) is 8.78 Å². The van der Waals surface area contributed by atoms with E-state index < -0.39 is 6.43 Å². The van der Waals surface area contributed by atoms with E-state index >= 15 is 0 Å². The third-order valence-corrected chi connectivity index (χ3v) is 3.64. The Labute approximate surface area is 105 Å². The van der Waals surface area contributed by atoms with Crippen molar-refractivity contribution in [2.75, 3.05) is 20.1 Å². The molecular formula is C13H18F2N2O. The molecule has 0 aliphatic carbocycles. The molecule has 0 aromatic heterocycles. The van der Waals surface area contributed by atoms with E-state index in [4.69, 9.17) is 5.73 Å². The van der Waals surface area contributed by atoms with E-state index in [1.54, 1.807) is 6.07 Å². The first-order chi connectivity index (χ1) is 8.52. The fourth-order valence-corrected chi connectivity index (χ4v) is 2.62. The van der Waals surface area contributed by atoms with E-state index in [-0.39, 0.29) is 17.4 Å². The van der Waals surface area contributed by atoms with Crippen LogP contribution in [0.1, 0.15) is 30.0 Å². The molecule has 2 atom stereocenters. The van der Waals surface area contributed by atoms with Crippen molar-refractivity contribution in [3.05, 3.63) is 29.3 Å². The number of rotatable bonds is 3. The normalized spacial score (nSPS) is 24.9. The first-order valence-corrected chi connectivity index (χ1v) is 6.04. The van der Waals surface area contributed by atoms with Gasteiger partial charge in [0.25, 0.3) is 6.43 Å². The Balaban J connectivity index is 2.26. The van der Waals surface area contributed by atoms with Crippen LogP contribution in [-0.2, 0) is 0 Å². The molecule has 3 N–H and O–H groups in total. The first-order valence-electron chi connectivity index (χ1n) is 6.04. The average molecular weight is 256 g/mol. The minimum atomic E-state index is -2.65. The van der Waals surface area contributed by atoms with Gasteiger partial charge >= 0.3 is 0 Å². The molecule has 3 nitrogen and oxygen atoms in total. The summed E-state index contributed by atoms with van der Waals surface area (Å²) >= 11 is 0. The molecule has 18 heavy (non-hydrogen) atoms. The van der Waals surface area contributed by atoms with Crippen molar-refractivity contribution in [1.29, 1.82) is 0 Å². The molecule has 0 bridgehead atoms. The van der Waals surface area contributed by atoms with Gasteiger partial charge in [-0.3, -0.25) is 4.90 Å². The predicted molar refractivity (Wildman–Crippen MR) is 65.6 cm³/mol. The predicted octanol–water partition coefficient (Wildman–Crippen LogP) is 2.28. The zero-order valence-electron chi connectivity index (χ0n) is 10.3. The largest absolute Gasteiger partial charge is 0.507 e. The second-order valence-corrected chi connectivity index (χ2v) is 4.91. The van der Waals surface area contributed by atoms with Crippen molar-refractivity contribution in [3.8, 4) is 5.75 Å². The zero-order chi connectivity index (χ0) is 13.3. The van der Waals surface area contributed by atoms with Crippen LogP contribution in [0, 0.1) is 5.92 Å². The van der Waals surface area contributed by atoms with Crippen LogP contribution in [0.15, 0.2) is 18.2 Å². The van der Waals surface area contributed by atoms with Crippen molar-refractivity contribution in [2.45, 2.75) is 18.9 Å². The van der Waals surface area contributed by atoms with Crippen LogP contribution in [0.4, 0.5) is 8.78 Å². The van der Waals surface area contributed by atoms with Crippen molar-refractivity contribution in [3.63, 3.8) is 0 Å². The number of aromatic hydroxyl groups is 1. The van der Waals surface area contributed by atoms with Crippen LogP contribution in [0.5, 0.6) is 5.75 Å². The molecule has 2 rings (SSSR count). The Morgan fingerprint density at radius 1 is 1.50 bits per heavy atom. The van der Waals surface area contributed by atoms with Crippen LogP contribution in [0.3, 0.4) is 0 Å². The smallest absolute Gasteiger partial charge is 0.267 e. The van der Waals surface area contributed by atoms with Crippen LogP contribution >= 0.6 is 0 Å². The molecule has 1 aliphatic heterocycles. The third-order valence-electron chi connectivity index (χ3n) is 3.64. The highest BCUT2D eigenvalue weighted by Crippen LogP contribution is 2.37. The SMILES string of the molecule is CN1CC(CN)CC1c1ccc(O)c(C(F)F)c1. The lowest BCUT2D eigenvalue weighted by atomic mass is 9.98. The summed E-state index contributed by atoms with van der Waals surface area (Å²) < 4.78 is 25.5. The number of nitrogens with two attached hydrogens (primary N) is 1. The summed E-state index contributed by atoms with van der Waals surface area (Å²) in [4.78, 5) is 2.12. The number of alkyl halides is 2. The lowest BCUT2D eigenvalue weighted by molar-refractivity contribution is 0.147. The minimum absolute atomic E-state index is 0.108. The molecule has 0 saturated carbocycles. The molecule has 1 aromatic rings. The van der Waals surface area contributed by atoms with Gasteiger partial charge in [-0.2, -0.15) is 0 Å². The molecule has 5 heteroatoms. The van der Waals surface area contributed by atoms with Gasteiger partial charge in [-0.05, 0) is 43.6 Å².